The molecule has 7 heteroatoms. The molecule has 1 aromatic carbocycles. The van der Waals surface area contributed by atoms with Gasteiger partial charge in [-0.05, 0) is 18.9 Å². The zero-order valence-electron chi connectivity index (χ0n) is 16.2. The molecule has 1 saturated carbocycles. The Morgan fingerprint density at radius 1 is 1.17 bits per heavy atom. The molecular weight excluding hydrogens is 368 g/mol. The standard InChI is InChI=1S/C22H22N4O3/c1-29-22(28)18-11-12-23-14-20(18)24-21-13-19(15-5-3-2-4-6-15)25-26(21)16-7-9-17(27)10-8-16/h2-6,11-14,16,24H,7-10H2,1H3. The van der Waals surface area contributed by atoms with Crippen LogP contribution in [-0.2, 0) is 9.53 Å². The predicted molar refractivity (Wildman–Crippen MR) is 109 cm³/mol. The Morgan fingerprint density at radius 2 is 1.93 bits per heavy atom. The smallest absolute Gasteiger partial charge is 0.340 e. The second-order valence-corrected chi connectivity index (χ2v) is 7.03. The Morgan fingerprint density at radius 3 is 2.66 bits per heavy atom. The summed E-state index contributed by atoms with van der Waals surface area (Å²) in [4.78, 5) is 27.9. The van der Waals surface area contributed by atoms with Gasteiger partial charge < -0.3 is 10.1 Å². The number of benzene rings is 1. The third-order valence-electron chi connectivity index (χ3n) is 5.15. The van der Waals surface area contributed by atoms with Gasteiger partial charge in [0.1, 0.15) is 11.6 Å². The third kappa shape index (κ3) is 4.03. The van der Waals surface area contributed by atoms with Crippen LogP contribution >= 0.6 is 0 Å². The molecule has 2 heterocycles. The Kier molecular flexibility index (Phi) is 5.37. The molecule has 1 aliphatic rings. The summed E-state index contributed by atoms with van der Waals surface area (Å²) in [6.07, 6.45) is 5.77. The average Bonchev–Trinajstić information content (AvgIpc) is 3.18. The maximum Gasteiger partial charge on any atom is 0.340 e. The fourth-order valence-corrected chi connectivity index (χ4v) is 3.61. The molecule has 148 valence electrons. The van der Waals surface area contributed by atoms with Crippen molar-refractivity contribution in [1.29, 1.82) is 0 Å². The molecule has 0 radical (unpaired) electrons. The number of hydrogen-bond donors (Lipinski definition) is 1. The van der Waals surface area contributed by atoms with Gasteiger partial charge in [0, 0.05) is 30.7 Å². The van der Waals surface area contributed by atoms with Gasteiger partial charge in [0.25, 0.3) is 0 Å². The molecular formula is C22H22N4O3. The van der Waals surface area contributed by atoms with Crippen molar-refractivity contribution in [2.24, 2.45) is 0 Å². The number of pyridine rings is 1. The number of Topliss-reactive ketones (excluding diaryl/α,β-unsaturated/α-hetero) is 1. The van der Waals surface area contributed by atoms with Crippen molar-refractivity contribution in [2.75, 3.05) is 12.4 Å². The van der Waals surface area contributed by atoms with Gasteiger partial charge in [0.2, 0.25) is 0 Å². The summed E-state index contributed by atoms with van der Waals surface area (Å²) < 4.78 is 6.81. The van der Waals surface area contributed by atoms with E-state index in [0.717, 1.165) is 29.9 Å². The van der Waals surface area contributed by atoms with Crippen molar-refractivity contribution in [3.05, 3.63) is 60.4 Å². The lowest BCUT2D eigenvalue weighted by Crippen LogP contribution is -2.20. The number of hydrogen-bond acceptors (Lipinski definition) is 6. The maximum atomic E-state index is 12.1. The lowest BCUT2D eigenvalue weighted by Gasteiger charge is -2.23. The summed E-state index contributed by atoms with van der Waals surface area (Å²) in [7, 11) is 1.35. The number of anilines is 2. The molecule has 4 rings (SSSR count). The molecule has 2 aromatic heterocycles. The van der Waals surface area contributed by atoms with Crippen LogP contribution in [0, 0.1) is 0 Å². The largest absolute Gasteiger partial charge is 0.465 e. The van der Waals surface area contributed by atoms with Crippen LogP contribution in [0.2, 0.25) is 0 Å². The summed E-state index contributed by atoms with van der Waals surface area (Å²) in [5.74, 6) is 0.611. The Labute approximate surface area is 168 Å². The minimum Gasteiger partial charge on any atom is -0.465 e. The number of carbonyl (C=O) groups is 2. The number of rotatable bonds is 5. The Hall–Kier alpha value is -3.48. The van der Waals surface area contributed by atoms with Crippen LogP contribution in [0.15, 0.2) is 54.9 Å². The third-order valence-corrected chi connectivity index (χ3v) is 5.15. The summed E-state index contributed by atoms with van der Waals surface area (Å²) in [6.45, 7) is 0. The highest BCUT2D eigenvalue weighted by Gasteiger charge is 2.24. The fourth-order valence-electron chi connectivity index (χ4n) is 3.61. The van der Waals surface area contributed by atoms with E-state index < -0.39 is 5.97 Å². The summed E-state index contributed by atoms with van der Waals surface area (Å²) in [5.41, 5.74) is 2.77. The van der Waals surface area contributed by atoms with E-state index in [9.17, 15) is 9.59 Å². The molecule has 0 atom stereocenters. The first-order valence-corrected chi connectivity index (χ1v) is 9.61. The monoisotopic (exact) mass is 390 g/mol. The van der Waals surface area contributed by atoms with E-state index >= 15 is 0 Å². The molecule has 0 bridgehead atoms. The zero-order valence-corrected chi connectivity index (χ0v) is 16.2. The first-order chi connectivity index (χ1) is 14.2. The molecule has 0 saturated heterocycles. The van der Waals surface area contributed by atoms with Crippen molar-refractivity contribution in [1.82, 2.24) is 14.8 Å². The van der Waals surface area contributed by atoms with Crippen LogP contribution in [0.4, 0.5) is 11.5 Å². The molecule has 29 heavy (non-hydrogen) atoms. The number of ketones is 1. The van der Waals surface area contributed by atoms with Crippen LogP contribution in [0.1, 0.15) is 42.1 Å². The zero-order chi connectivity index (χ0) is 20.2. The van der Waals surface area contributed by atoms with Gasteiger partial charge in [-0.25, -0.2) is 9.48 Å². The first-order valence-electron chi connectivity index (χ1n) is 9.61. The first kappa shape index (κ1) is 18.9. The minimum absolute atomic E-state index is 0.117. The fraction of sp³-hybridized carbons (Fsp3) is 0.273. The number of ether oxygens (including phenoxy) is 1. The topological polar surface area (TPSA) is 86.1 Å². The van der Waals surface area contributed by atoms with Gasteiger partial charge in [-0.3, -0.25) is 9.78 Å². The van der Waals surface area contributed by atoms with Crippen LogP contribution < -0.4 is 5.32 Å². The van der Waals surface area contributed by atoms with Gasteiger partial charge in [-0.1, -0.05) is 30.3 Å². The lowest BCUT2D eigenvalue weighted by molar-refractivity contribution is -0.120. The molecule has 3 aromatic rings. The quantitative estimate of drug-likeness (QED) is 0.659. The van der Waals surface area contributed by atoms with Gasteiger partial charge in [-0.2, -0.15) is 5.10 Å². The van der Waals surface area contributed by atoms with Crippen LogP contribution in [0.5, 0.6) is 0 Å². The van der Waals surface area contributed by atoms with Crippen molar-refractivity contribution >= 4 is 23.3 Å². The van der Waals surface area contributed by atoms with Gasteiger partial charge in [0.15, 0.2) is 0 Å². The van der Waals surface area contributed by atoms with E-state index in [1.807, 2.05) is 41.1 Å². The Balaban J connectivity index is 1.73. The maximum absolute atomic E-state index is 12.1. The van der Waals surface area contributed by atoms with Crippen molar-refractivity contribution < 1.29 is 14.3 Å². The molecule has 0 spiro atoms. The lowest BCUT2D eigenvalue weighted by atomic mass is 9.94. The van der Waals surface area contributed by atoms with Crippen LogP contribution in [0.3, 0.4) is 0 Å². The van der Waals surface area contributed by atoms with Gasteiger partial charge in [-0.15, -0.1) is 0 Å². The Bertz CT molecular complexity index is 1020. The van der Waals surface area contributed by atoms with Crippen LogP contribution in [-0.4, -0.2) is 33.6 Å². The highest BCUT2D eigenvalue weighted by Crippen LogP contribution is 2.33. The second-order valence-electron chi connectivity index (χ2n) is 7.03. The average molecular weight is 390 g/mol. The van der Waals surface area contributed by atoms with Crippen molar-refractivity contribution in [2.45, 2.75) is 31.7 Å². The molecule has 1 fully saturated rings. The summed E-state index contributed by atoms with van der Waals surface area (Å²) in [5, 5.41) is 8.13. The number of esters is 1. The summed E-state index contributed by atoms with van der Waals surface area (Å²) in [6, 6.07) is 13.6. The SMILES string of the molecule is COC(=O)c1ccncc1Nc1cc(-c2ccccc2)nn1C1CCC(=O)CC1. The van der Waals surface area contributed by atoms with E-state index in [4.69, 9.17) is 9.84 Å². The molecule has 0 unspecified atom stereocenters. The number of aromatic nitrogens is 3. The molecule has 0 aliphatic heterocycles. The molecule has 0 amide bonds. The number of nitrogens with one attached hydrogen (secondary N) is 1. The van der Waals surface area contributed by atoms with Crippen molar-refractivity contribution in [3.8, 4) is 11.3 Å². The van der Waals surface area contributed by atoms with E-state index in [-0.39, 0.29) is 6.04 Å². The normalized spacial score (nSPS) is 14.6. The number of carbonyl (C=O) groups excluding carboxylic acids is 2. The summed E-state index contributed by atoms with van der Waals surface area (Å²) >= 11 is 0. The van der Waals surface area contributed by atoms with E-state index in [1.54, 1.807) is 18.5 Å². The van der Waals surface area contributed by atoms with Gasteiger partial charge >= 0.3 is 5.97 Å². The van der Waals surface area contributed by atoms with E-state index in [0.29, 0.717) is 29.9 Å². The van der Waals surface area contributed by atoms with Crippen molar-refractivity contribution in [3.63, 3.8) is 0 Å². The van der Waals surface area contributed by atoms with Crippen LogP contribution in [0.25, 0.3) is 11.3 Å². The molecule has 1 aliphatic carbocycles. The van der Waals surface area contributed by atoms with E-state index in [2.05, 4.69) is 10.3 Å². The highest BCUT2D eigenvalue weighted by molar-refractivity contribution is 5.96. The predicted octanol–water partition coefficient (Wildman–Crippen LogP) is 4.16. The molecule has 7 nitrogen and oxygen atoms in total. The van der Waals surface area contributed by atoms with E-state index in [1.165, 1.54) is 7.11 Å². The van der Waals surface area contributed by atoms with Gasteiger partial charge in [0.05, 0.1) is 36.3 Å². The number of methoxy groups -OCH3 is 1. The second kappa shape index (κ2) is 8.26. The highest BCUT2D eigenvalue weighted by atomic mass is 16.5. The number of nitrogens with zero attached hydrogens (tertiary/aromatic N) is 3. The minimum atomic E-state index is -0.437. The molecule has 1 N–H and O–H groups in total.